The first-order valence-electron chi connectivity index (χ1n) is 5.29. The highest BCUT2D eigenvalue weighted by Crippen LogP contribution is 2.26. The summed E-state index contributed by atoms with van der Waals surface area (Å²) in [6.45, 7) is 2.61. The number of pyridine rings is 1. The quantitative estimate of drug-likeness (QED) is 0.787. The normalized spacial score (nSPS) is 20.4. The summed E-state index contributed by atoms with van der Waals surface area (Å²) in [4.78, 5) is 16.5. The molecule has 1 aromatic heterocycles. The second-order valence-electron chi connectivity index (χ2n) is 4.06. The van der Waals surface area contributed by atoms with Gasteiger partial charge in [0, 0.05) is 24.5 Å². The summed E-state index contributed by atoms with van der Waals surface area (Å²) in [6, 6.07) is 3.66. The van der Waals surface area contributed by atoms with Gasteiger partial charge in [-0.1, -0.05) is 13.0 Å². The predicted molar refractivity (Wildman–Crippen MR) is 60.7 cm³/mol. The maximum absolute atomic E-state index is 11.2. The zero-order valence-corrected chi connectivity index (χ0v) is 9.13. The minimum absolute atomic E-state index is 0.377. The molecule has 1 atom stereocenters. The molecular weight excluding hydrogens is 204 g/mol. The first-order chi connectivity index (χ1) is 7.68. The zero-order chi connectivity index (χ0) is 11.5. The number of aromatic nitrogens is 1. The molecule has 1 aliphatic rings. The number of nitrogens with zero attached hydrogens (tertiary/aromatic N) is 2. The molecular formula is C12H14N2O2. The number of hydrogen-bond donors (Lipinski definition) is 1. The Kier molecular flexibility index (Phi) is 2.90. The van der Waals surface area contributed by atoms with Gasteiger partial charge >= 0.3 is 6.09 Å². The molecule has 4 nitrogen and oxygen atoms in total. The van der Waals surface area contributed by atoms with E-state index >= 15 is 0 Å². The molecule has 2 rings (SSSR count). The van der Waals surface area contributed by atoms with Crippen LogP contribution in [0.3, 0.4) is 0 Å². The monoisotopic (exact) mass is 218 g/mol. The van der Waals surface area contributed by atoms with Gasteiger partial charge in [-0.2, -0.15) is 0 Å². The lowest BCUT2D eigenvalue weighted by Crippen LogP contribution is -2.34. The highest BCUT2D eigenvalue weighted by Gasteiger charge is 2.24. The molecule has 2 heterocycles. The largest absolute Gasteiger partial charge is 0.465 e. The maximum atomic E-state index is 11.2. The molecule has 0 saturated carbocycles. The van der Waals surface area contributed by atoms with E-state index in [2.05, 4.69) is 11.9 Å². The van der Waals surface area contributed by atoms with Gasteiger partial charge in [-0.05, 0) is 24.5 Å². The maximum Gasteiger partial charge on any atom is 0.411 e. The van der Waals surface area contributed by atoms with E-state index in [1.807, 2.05) is 18.2 Å². The number of amides is 1. The number of hydrogen-bond acceptors (Lipinski definition) is 2. The van der Waals surface area contributed by atoms with Crippen LogP contribution in [0.4, 0.5) is 4.79 Å². The molecule has 1 unspecified atom stereocenters. The summed E-state index contributed by atoms with van der Waals surface area (Å²) in [5.41, 5.74) is 1.68. The van der Waals surface area contributed by atoms with Crippen molar-refractivity contribution in [1.29, 1.82) is 0 Å². The fourth-order valence-corrected chi connectivity index (χ4v) is 1.89. The molecule has 1 amide bonds. The molecule has 0 spiro atoms. The van der Waals surface area contributed by atoms with Crippen molar-refractivity contribution in [2.24, 2.45) is 5.92 Å². The van der Waals surface area contributed by atoms with Crippen LogP contribution in [0.1, 0.15) is 18.9 Å². The van der Waals surface area contributed by atoms with Gasteiger partial charge in [0.1, 0.15) is 0 Å². The van der Waals surface area contributed by atoms with E-state index in [1.165, 1.54) is 4.90 Å². The first-order valence-corrected chi connectivity index (χ1v) is 5.29. The van der Waals surface area contributed by atoms with Gasteiger partial charge in [-0.3, -0.25) is 9.88 Å². The average Bonchev–Trinajstić information content (AvgIpc) is 2.30. The molecule has 0 aliphatic carbocycles. The lowest BCUT2D eigenvalue weighted by Gasteiger charge is -2.29. The SMILES string of the molecule is CC1CC=C(c2ccncc2)N(C(=O)O)C1. The van der Waals surface area contributed by atoms with Crippen molar-refractivity contribution in [2.75, 3.05) is 6.54 Å². The molecule has 0 aromatic carbocycles. The topological polar surface area (TPSA) is 53.4 Å². The fourth-order valence-electron chi connectivity index (χ4n) is 1.89. The lowest BCUT2D eigenvalue weighted by atomic mass is 9.99. The Hall–Kier alpha value is -1.84. The van der Waals surface area contributed by atoms with Crippen LogP contribution in [0.2, 0.25) is 0 Å². The number of rotatable bonds is 1. The van der Waals surface area contributed by atoms with E-state index in [9.17, 15) is 4.79 Å². The van der Waals surface area contributed by atoms with Crippen LogP contribution in [-0.4, -0.2) is 27.6 Å². The summed E-state index contributed by atoms with van der Waals surface area (Å²) in [5.74, 6) is 0.377. The Morgan fingerprint density at radius 3 is 2.81 bits per heavy atom. The Morgan fingerprint density at radius 2 is 2.19 bits per heavy atom. The highest BCUT2D eigenvalue weighted by molar-refractivity contribution is 5.81. The second-order valence-corrected chi connectivity index (χ2v) is 4.06. The Labute approximate surface area is 94.2 Å². The van der Waals surface area contributed by atoms with E-state index in [-0.39, 0.29) is 0 Å². The van der Waals surface area contributed by atoms with Crippen LogP contribution >= 0.6 is 0 Å². The lowest BCUT2D eigenvalue weighted by molar-refractivity contribution is 0.159. The smallest absolute Gasteiger partial charge is 0.411 e. The summed E-state index contributed by atoms with van der Waals surface area (Å²) in [7, 11) is 0. The van der Waals surface area contributed by atoms with E-state index in [4.69, 9.17) is 5.11 Å². The van der Waals surface area contributed by atoms with E-state index in [0.717, 1.165) is 17.7 Å². The van der Waals surface area contributed by atoms with E-state index < -0.39 is 6.09 Å². The van der Waals surface area contributed by atoms with E-state index in [1.54, 1.807) is 12.4 Å². The van der Waals surface area contributed by atoms with Gasteiger partial charge < -0.3 is 5.11 Å². The second kappa shape index (κ2) is 4.35. The molecule has 0 fully saturated rings. The van der Waals surface area contributed by atoms with Crippen LogP contribution in [0, 0.1) is 5.92 Å². The van der Waals surface area contributed by atoms with Crippen molar-refractivity contribution in [3.05, 3.63) is 36.2 Å². The molecule has 1 aliphatic heterocycles. The number of carboxylic acid groups (broad SMARTS) is 1. The molecule has 0 radical (unpaired) electrons. The van der Waals surface area contributed by atoms with Gasteiger partial charge in [0.05, 0.1) is 5.70 Å². The van der Waals surface area contributed by atoms with Crippen molar-refractivity contribution in [3.8, 4) is 0 Å². The third-order valence-corrected chi connectivity index (χ3v) is 2.71. The van der Waals surface area contributed by atoms with Crippen molar-refractivity contribution in [3.63, 3.8) is 0 Å². The van der Waals surface area contributed by atoms with Crippen molar-refractivity contribution in [1.82, 2.24) is 9.88 Å². The Bertz CT molecular complexity index is 414. The first kappa shape index (κ1) is 10.7. The number of carbonyl (C=O) groups is 1. The average molecular weight is 218 g/mol. The highest BCUT2D eigenvalue weighted by atomic mass is 16.4. The van der Waals surface area contributed by atoms with Gasteiger partial charge in [-0.25, -0.2) is 4.79 Å². The van der Waals surface area contributed by atoms with Crippen molar-refractivity contribution < 1.29 is 9.90 Å². The third kappa shape index (κ3) is 2.05. The van der Waals surface area contributed by atoms with Gasteiger partial charge in [0.15, 0.2) is 0 Å². The summed E-state index contributed by atoms with van der Waals surface area (Å²) >= 11 is 0. The molecule has 4 heteroatoms. The van der Waals surface area contributed by atoms with E-state index in [0.29, 0.717) is 12.5 Å². The van der Waals surface area contributed by atoms with Crippen molar-refractivity contribution >= 4 is 11.8 Å². The van der Waals surface area contributed by atoms with Crippen LogP contribution < -0.4 is 0 Å². The fraction of sp³-hybridized carbons (Fsp3) is 0.333. The molecule has 0 bridgehead atoms. The molecule has 16 heavy (non-hydrogen) atoms. The molecule has 0 saturated heterocycles. The minimum atomic E-state index is -0.894. The van der Waals surface area contributed by atoms with Crippen LogP contribution in [0.5, 0.6) is 0 Å². The van der Waals surface area contributed by atoms with Gasteiger partial charge in [0.25, 0.3) is 0 Å². The molecule has 1 N–H and O–H groups in total. The summed E-state index contributed by atoms with van der Waals surface area (Å²) in [5, 5.41) is 9.16. The van der Waals surface area contributed by atoms with Crippen LogP contribution in [0.15, 0.2) is 30.6 Å². The Morgan fingerprint density at radius 1 is 1.50 bits per heavy atom. The summed E-state index contributed by atoms with van der Waals surface area (Å²) < 4.78 is 0. The predicted octanol–water partition coefficient (Wildman–Crippen LogP) is 2.44. The molecule has 1 aromatic rings. The number of allylic oxidation sites excluding steroid dienone is 1. The van der Waals surface area contributed by atoms with Gasteiger partial charge in [-0.15, -0.1) is 0 Å². The van der Waals surface area contributed by atoms with Crippen LogP contribution in [0.25, 0.3) is 5.70 Å². The van der Waals surface area contributed by atoms with Crippen molar-refractivity contribution in [2.45, 2.75) is 13.3 Å². The van der Waals surface area contributed by atoms with Gasteiger partial charge in [0.2, 0.25) is 0 Å². The minimum Gasteiger partial charge on any atom is -0.465 e. The standard InChI is InChI=1S/C12H14N2O2/c1-9-2-3-11(14(8-9)12(15)16)10-4-6-13-7-5-10/h3-7,9H,2,8H2,1H3,(H,15,16). The van der Waals surface area contributed by atoms with Crippen LogP contribution in [-0.2, 0) is 0 Å². The zero-order valence-electron chi connectivity index (χ0n) is 9.13. The Balaban J connectivity index is 2.35. The summed E-state index contributed by atoms with van der Waals surface area (Å²) in [6.07, 6.45) is 5.36. The third-order valence-electron chi connectivity index (χ3n) is 2.71. The molecule has 84 valence electrons.